The lowest BCUT2D eigenvalue weighted by Gasteiger charge is -2.19. The molecule has 0 bridgehead atoms. The van der Waals surface area contributed by atoms with Crippen molar-refractivity contribution in [1.29, 1.82) is 0 Å². The summed E-state index contributed by atoms with van der Waals surface area (Å²) >= 11 is 0. The fourth-order valence-corrected chi connectivity index (χ4v) is 5.14. The minimum atomic E-state index is 0.363. The summed E-state index contributed by atoms with van der Waals surface area (Å²) in [5, 5.41) is 0. The van der Waals surface area contributed by atoms with Gasteiger partial charge in [0.1, 0.15) is 35.3 Å². The highest BCUT2D eigenvalue weighted by molar-refractivity contribution is 5.53. The molecule has 4 rings (SSSR count). The summed E-state index contributed by atoms with van der Waals surface area (Å²) in [6.45, 7) is 18.1. The lowest BCUT2D eigenvalue weighted by molar-refractivity contribution is -0.602. The second-order valence-corrected chi connectivity index (χ2v) is 11.3. The van der Waals surface area contributed by atoms with Gasteiger partial charge in [-0.25, -0.2) is 0 Å². The number of hydrogen-bond donors (Lipinski definition) is 0. The van der Waals surface area contributed by atoms with Gasteiger partial charge in [0.25, 0.3) is 0 Å². The summed E-state index contributed by atoms with van der Waals surface area (Å²) in [5.74, 6) is 3.02. The highest BCUT2D eigenvalue weighted by Gasteiger charge is 2.31. The molecule has 0 saturated heterocycles. The van der Waals surface area contributed by atoms with E-state index in [2.05, 4.69) is 113 Å². The Bertz CT molecular complexity index is 1240. The van der Waals surface area contributed by atoms with E-state index in [1.54, 1.807) is 7.11 Å². The first-order valence-corrected chi connectivity index (χ1v) is 13.8. The molecule has 0 fully saturated rings. The van der Waals surface area contributed by atoms with Crippen molar-refractivity contribution in [3.63, 3.8) is 0 Å². The second-order valence-electron chi connectivity index (χ2n) is 11.3. The number of methoxy groups -OCH3 is 1. The van der Waals surface area contributed by atoms with Gasteiger partial charge in [-0.15, -0.1) is 0 Å². The number of aromatic nitrogens is 2. The van der Waals surface area contributed by atoms with E-state index in [-0.39, 0.29) is 0 Å². The van der Waals surface area contributed by atoms with E-state index in [0.29, 0.717) is 23.7 Å². The summed E-state index contributed by atoms with van der Waals surface area (Å²) in [6.07, 6.45) is 4.32. The molecule has 0 aliphatic carbocycles. The van der Waals surface area contributed by atoms with Crippen molar-refractivity contribution in [2.24, 2.45) is 0 Å². The molecule has 0 radical (unpaired) electrons. The van der Waals surface area contributed by atoms with Crippen LogP contribution in [0.3, 0.4) is 0 Å². The first kappa shape index (κ1) is 27.5. The van der Waals surface area contributed by atoms with Crippen LogP contribution in [-0.4, -0.2) is 11.7 Å². The van der Waals surface area contributed by atoms with Gasteiger partial charge >= 0.3 is 6.01 Å². The Balaban J connectivity index is 2.06. The molecule has 0 amide bonds. The van der Waals surface area contributed by atoms with Gasteiger partial charge in [0, 0.05) is 22.3 Å². The molecule has 0 aliphatic heterocycles. The van der Waals surface area contributed by atoms with Crippen molar-refractivity contribution in [2.75, 3.05) is 7.11 Å². The molecule has 4 heteroatoms. The normalized spacial score (nSPS) is 11.7. The average Bonchev–Trinajstić information content (AvgIpc) is 3.30. The van der Waals surface area contributed by atoms with E-state index < -0.39 is 0 Å². The summed E-state index contributed by atoms with van der Waals surface area (Å²) in [5.41, 5.74) is 7.62. The number of imidazole rings is 1. The molecule has 0 atom stereocenters. The van der Waals surface area contributed by atoms with E-state index in [1.165, 1.54) is 33.6 Å². The highest BCUT2D eigenvalue weighted by atomic mass is 16.5. The lowest BCUT2D eigenvalue weighted by atomic mass is 9.92. The number of benzene rings is 3. The number of nitrogens with zero attached hydrogens (tertiary/aromatic N) is 2. The molecule has 0 unspecified atom stereocenters. The van der Waals surface area contributed by atoms with Crippen LogP contribution < -0.4 is 14.0 Å². The molecule has 0 spiro atoms. The Morgan fingerprint density at radius 2 is 1.05 bits per heavy atom. The molecule has 4 nitrogen and oxygen atoms in total. The first-order valence-electron chi connectivity index (χ1n) is 13.8. The van der Waals surface area contributed by atoms with Gasteiger partial charge in [0.15, 0.2) is 0 Å². The third-order valence-corrected chi connectivity index (χ3v) is 7.21. The summed E-state index contributed by atoms with van der Waals surface area (Å²) in [7, 11) is 1.68. The maximum absolute atomic E-state index is 6.80. The van der Waals surface area contributed by atoms with Gasteiger partial charge in [0.05, 0.1) is 7.11 Å². The third-order valence-electron chi connectivity index (χ3n) is 7.21. The van der Waals surface area contributed by atoms with Crippen LogP contribution in [0.1, 0.15) is 101 Å². The zero-order chi connectivity index (χ0) is 27.6. The van der Waals surface area contributed by atoms with Crippen LogP contribution in [0.25, 0.3) is 11.4 Å². The smallest absolute Gasteiger partial charge is 0.472 e. The molecule has 1 aromatic heterocycles. The molecule has 0 N–H and O–H groups in total. The van der Waals surface area contributed by atoms with E-state index in [1.807, 2.05) is 24.3 Å². The van der Waals surface area contributed by atoms with Gasteiger partial charge in [-0.05, 0) is 47.9 Å². The summed E-state index contributed by atoms with van der Waals surface area (Å²) in [4.78, 5) is 0. The Hall–Kier alpha value is -3.53. The van der Waals surface area contributed by atoms with Gasteiger partial charge in [-0.2, -0.15) is 9.13 Å². The van der Waals surface area contributed by atoms with Gasteiger partial charge < -0.3 is 9.47 Å². The van der Waals surface area contributed by atoms with E-state index in [9.17, 15) is 0 Å². The first-order chi connectivity index (χ1) is 18.1. The van der Waals surface area contributed by atoms with Crippen molar-refractivity contribution in [2.45, 2.75) is 79.1 Å². The molecule has 200 valence electrons. The Kier molecular flexibility index (Phi) is 8.30. The third kappa shape index (κ3) is 5.36. The molecule has 38 heavy (non-hydrogen) atoms. The largest absolute Gasteiger partial charge is 0.497 e. The maximum Gasteiger partial charge on any atom is 0.472 e. The van der Waals surface area contributed by atoms with Gasteiger partial charge in [-0.3, -0.25) is 0 Å². The van der Waals surface area contributed by atoms with Crippen LogP contribution in [0.2, 0.25) is 0 Å². The predicted octanol–water partition coefficient (Wildman–Crippen LogP) is 9.05. The zero-order valence-electron chi connectivity index (χ0n) is 24.4. The second kappa shape index (κ2) is 11.5. The number of para-hydroxylation sites is 2. The molecular weight excluding hydrogens is 468 g/mol. The lowest BCUT2D eigenvalue weighted by Crippen LogP contribution is -2.34. The van der Waals surface area contributed by atoms with Crippen LogP contribution in [-0.2, 0) is 0 Å². The van der Waals surface area contributed by atoms with Crippen molar-refractivity contribution in [3.05, 3.63) is 95.3 Å². The zero-order valence-corrected chi connectivity index (χ0v) is 24.4. The monoisotopic (exact) mass is 511 g/mol. The summed E-state index contributed by atoms with van der Waals surface area (Å²) < 4.78 is 16.7. The van der Waals surface area contributed by atoms with Crippen LogP contribution >= 0.6 is 0 Å². The van der Waals surface area contributed by atoms with Crippen molar-refractivity contribution in [3.8, 4) is 28.9 Å². The molecule has 0 aliphatic rings. The van der Waals surface area contributed by atoms with E-state index in [0.717, 1.165) is 17.5 Å². The number of hydrogen-bond acceptors (Lipinski definition) is 2. The molecule has 1 heterocycles. The fourth-order valence-electron chi connectivity index (χ4n) is 5.14. The Morgan fingerprint density at radius 1 is 0.605 bits per heavy atom. The SMILES string of the molecule is COc1ccc(Oc2n(-c3c(C(C)C)cccc3C(C)C)cc[n+]2-c2c(C(C)C)cccc2C(C)C)cc1. The average molecular weight is 512 g/mol. The van der Waals surface area contributed by atoms with E-state index >= 15 is 0 Å². The quantitative estimate of drug-likeness (QED) is 0.210. The van der Waals surface area contributed by atoms with Crippen LogP contribution in [0.15, 0.2) is 73.1 Å². The van der Waals surface area contributed by atoms with Crippen LogP contribution in [0, 0.1) is 0 Å². The van der Waals surface area contributed by atoms with Crippen molar-refractivity contribution in [1.82, 2.24) is 4.57 Å². The predicted molar refractivity (Wildman–Crippen MR) is 157 cm³/mol. The van der Waals surface area contributed by atoms with Crippen molar-refractivity contribution >= 4 is 0 Å². The van der Waals surface area contributed by atoms with Crippen LogP contribution in [0.4, 0.5) is 0 Å². The van der Waals surface area contributed by atoms with E-state index in [4.69, 9.17) is 9.47 Å². The molecule has 3 aromatic carbocycles. The number of rotatable bonds is 9. The minimum Gasteiger partial charge on any atom is -0.497 e. The minimum absolute atomic E-state index is 0.363. The molecular formula is C34H43N2O2+. The van der Waals surface area contributed by atoms with Crippen molar-refractivity contribution < 1.29 is 14.0 Å². The fraction of sp³-hybridized carbons (Fsp3) is 0.382. The highest BCUT2D eigenvalue weighted by Crippen LogP contribution is 2.36. The molecule has 0 saturated carbocycles. The van der Waals surface area contributed by atoms with Crippen LogP contribution in [0.5, 0.6) is 17.5 Å². The number of ether oxygens (including phenoxy) is 2. The Labute approximate surface area is 228 Å². The Morgan fingerprint density at radius 3 is 1.50 bits per heavy atom. The molecule has 4 aromatic rings. The van der Waals surface area contributed by atoms with Gasteiger partial charge in [0.2, 0.25) is 0 Å². The summed E-state index contributed by atoms with van der Waals surface area (Å²) in [6, 6.07) is 21.9. The maximum atomic E-state index is 6.80. The van der Waals surface area contributed by atoms with Gasteiger partial charge in [-0.1, -0.05) is 91.8 Å². The standard InChI is InChI=1S/C34H43N2O2/c1-22(2)28-12-10-13-29(23(3)4)32(28)35-20-21-36(34(35)38-27-18-16-26(37-9)17-19-27)33-30(24(5)6)14-11-15-31(33)25(7)8/h10-25H,1-9H3/q+1. The topological polar surface area (TPSA) is 27.3 Å².